The Labute approximate surface area is 190 Å². The van der Waals surface area contributed by atoms with Gasteiger partial charge in [0, 0.05) is 45.8 Å². The summed E-state index contributed by atoms with van der Waals surface area (Å²) in [7, 11) is -3.63. The number of sulfonamides is 1. The quantitative estimate of drug-likeness (QED) is 0.554. The summed E-state index contributed by atoms with van der Waals surface area (Å²) in [5.74, 6) is -1.14. The Hall–Kier alpha value is -2.46. The van der Waals surface area contributed by atoms with Gasteiger partial charge in [-0.2, -0.15) is 4.31 Å². The first-order valence-electron chi connectivity index (χ1n) is 11.1. The zero-order valence-corrected chi connectivity index (χ0v) is 19.8. The Morgan fingerprint density at radius 1 is 0.906 bits per heavy atom. The number of likely N-dealkylation sites (N-methyl/N-ethyl adjacent to an activating group) is 1. The van der Waals surface area contributed by atoms with Crippen LogP contribution in [0.5, 0.6) is 0 Å². The lowest BCUT2D eigenvalue weighted by Crippen LogP contribution is -2.58. The van der Waals surface area contributed by atoms with Gasteiger partial charge in [-0.1, -0.05) is 26.0 Å². The van der Waals surface area contributed by atoms with Crippen molar-refractivity contribution < 1.29 is 22.8 Å². The van der Waals surface area contributed by atoms with Crippen molar-refractivity contribution >= 4 is 27.7 Å². The standard InChI is InChI=1S/C22H32N4O5S/c1-4-17(3)18-6-8-19(9-7-18)32(30,31)26-14-12-24(13-15-26)20(27)16-25-11-10-23(5-2)21(28)22(25)29/h6-9,17H,4-5,10-16H2,1-3H3. The minimum Gasteiger partial charge on any atom is -0.339 e. The Morgan fingerprint density at radius 2 is 1.47 bits per heavy atom. The number of carbonyl (C=O) groups is 3. The molecule has 2 aliphatic rings. The first-order chi connectivity index (χ1) is 15.2. The highest BCUT2D eigenvalue weighted by atomic mass is 32.2. The molecule has 10 heteroatoms. The number of hydrogen-bond acceptors (Lipinski definition) is 5. The molecular formula is C22H32N4O5S. The summed E-state index contributed by atoms with van der Waals surface area (Å²) >= 11 is 0. The highest BCUT2D eigenvalue weighted by Gasteiger charge is 2.35. The fourth-order valence-electron chi connectivity index (χ4n) is 3.96. The van der Waals surface area contributed by atoms with Crippen molar-refractivity contribution in [3.63, 3.8) is 0 Å². The lowest BCUT2D eigenvalue weighted by atomic mass is 9.99. The number of benzene rings is 1. The minimum absolute atomic E-state index is 0.161. The van der Waals surface area contributed by atoms with Gasteiger partial charge in [0.25, 0.3) is 0 Å². The molecule has 0 aliphatic carbocycles. The van der Waals surface area contributed by atoms with Gasteiger partial charge < -0.3 is 14.7 Å². The fraction of sp³-hybridized carbons (Fsp3) is 0.591. The van der Waals surface area contributed by atoms with Crippen molar-refractivity contribution in [2.75, 3.05) is 52.4 Å². The summed E-state index contributed by atoms with van der Waals surface area (Å²) in [6, 6.07) is 7.01. The van der Waals surface area contributed by atoms with Crippen LogP contribution in [0.4, 0.5) is 0 Å². The van der Waals surface area contributed by atoms with E-state index in [1.165, 1.54) is 14.1 Å². The van der Waals surface area contributed by atoms with Crippen LogP contribution in [0.1, 0.15) is 38.7 Å². The van der Waals surface area contributed by atoms with Gasteiger partial charge in [-0.15, -0.1) is 0 Å². The Kier molecular flexibility index (Phi) is 7.55. The van der Waals surface area contributed by atoms with E-state index in [0.29, 0.717) is 25.6 Å². The predicted octanol–water partition coefficient (Wildman–Crippen LogP) is 0.724. The van der Waals surface area contributed by atoms with Gasteiger partial charge in [0.05, 0.1) is 4.90 Å². The van der Waals surface area contributed by atoms with Gasteiger partial charge in [-0.3, -0.25) is 14.4 Å². The van der Waals surface area contributed by atoms with Gasteiger partial charge in [0.1, 0.15) is 6.54 Å². The van der Waals surface area contributed by atoms with Crippen LogP contribution in [0.25, 0.3) is 0 Å². The average Bonchev–Trinajstić information content (AvgIpc) is 2.81. The van der Waals surface area contributed by atoms with Crippen molar-refractivity contribution in [1.29, 1.82) is 0 Å². The number of nitrogens with zero attached hydrogens (tertiary/aromatic N) is 4. The first-order valence-corrected chi connectivity index (χ1v) is 12.6. The number of piperazine rings is 2. The third-order valence-corrected chi connectivity index (χ3v) is 8.31. The van der Waals surface area contributed by atoms with Crippen molar-refractivity contribution in [2.45, 2.75) is 38.0 Å². The molecular weight excluding hydrogens is 432 g/mol. The van der Waals surface area contributed by atoms with Crippen LogP contribution >= 0.6 is 0 Å². The van der Waals surface area contributed by atoms with E-state index in [9.17, 15) is 22.8 Å². The second kappa shape index (κ2) is 9.99. The fourth-order valence-corrected chi connectivity index (χ4v) is 5.38. The zero-order chi connectivity index (χ0) is 23.5. The maximum absolute atomic E-state index is 13.0. The maximum Gasteiger partial charge on any atom is 0.312 e. The van der Waals surface area contributed by atoms with E-state index in [2.05, 4.69) is 13.8 Å². The molecule has 0 radical (unpaired) electrons. The highest BCUT2D eigenvalue weighted by Crippen LogP contribution is 2.23. The van der Waals surface area contributed by atoms with E-state index in [1.807, 2.05) is 12.1 Å². The van der Waals surface area contributed by atoms with Crippen molar-refractivity contribution in [3.8, 4) is 0 Å². The van der Waals surface area contributed by atoms with E-state index in [4.69, 9.17) is 0 Å². The molecule has 0 saturated carbocycles. The van der Waals surface area contributed by atoms with Crippen LogP contribution in [0, 0.1) is 0 Å². The molecule has 0 spiro atoms. The predicted molar refractivity (Wildman–Crippen MR) is 119 cm³/mol. The van der Waals surface area contributed by atoms with Crippen molar-refractivity contribution in [2.24, 2.45) is 0 Å². The molecule has 2 aliphatic heterocycles. The average molecular weight is 465 g/mol. The topological polar surface area (TPSA) is 98.3 Å². The summed E-state index contributed by atoms with van der Waals surface area (Å²) < 4.78 is 27.4. The number of carbonyl (C=O) groups excluding carboxylic acids is 3. The highest BCUT2D eigenvalue weighted by molar-refractivity contribution is 7.89. The third-order valence-electron chi connectivity index (χ3n) is 6.40. The van der Waals surface area contributed by atoms with Crippen LogP contribution in [0.15, 0.2) is 29.2 Å². The van der Waals surface area contributed by atoms with E-state index < -0.39 is 21.8 Å². The van der Waals surface area contributed by atoms with Crippen molar-refractivity contribution in [1.82, 2.24) is 19.0 Å². The summed E-state index contributed by atoms with van der Waals surface area (Å²) in [6.07, 6.45) is 0.982. The molecule has 0 bridgehead atoms. The molecule has 32 heavy (non-hydrogen) atoms. The van der Waals surface area contributed by atoms with Crippen LogP contribution < -0.4 is 0 Å². The SMILES string of the molecule is CCC(C)c1ccc(S(=O)(=O)N2CCN(C(=O)CN3CCN(CC)C(=O)C3=O)CC2)cc1. The zero-order valence-electron chi connectivity index (χ0n) is 19.0. The van der Waals surface area contributed by atoms with Gasteiger partial charge >= 0.3 is 11.8 Å². The van der Waals surface area contributed by atoms with Gasteiger partial charge in [-0.05, 0) is 37.0 Å². The van der Waals surface area contributed by atoms with Crippen molar-refractivity contribution in [3.05, 3.63) is 29.8 Å². The molecule has 2 fully saturated rings. The summed E-state index contributed by atoms with van der Waals surface area (Å²) in [6.45, 7) is 7.92. The smallest absolute Gasteiger partial charge is 0.312 e. The molecule has 2 saturated heterocycles. The van der Waals surface area contributed by atoms with Gasteiger partial charge in [-0.25, -0.2) is 8.42 Å². The summed E-state index contributed by atoms with van der Waals surface area (Å²) in [5, 5.41) is 0. The molecule has 1 unspecified atom stereocenters. The molecule has 9 nitrogen and oxygen atoms in total. The molecule has 1 aromatic rings. The molecule has 3 rings (SSSR count). The van der Waals surface area contributed by atoms with Gasteiger partial charge in [0.2, 0.25) is 15.9 Å². The van der Waals surface area contributed by atoms with E-state index >= 15 is 0 Å². The Bertz CT molecular complexity index is 955. The van der Waals surface area contributed by atoms with Crippen LogP contribution in [0.3, 0.4) is 0 Å². The molecule has 176 valence electrons. The lowest BCUT2D eigenvalue weighted by Gasteiger charge is -2.37. The molecule has 1 atom stereocenters. The van der Waals surface area contributed by atoms with Crippen LogP contribution in [0.2, 0.25) is 0 Å². The van der Waals surface area contributed by atoms with Crippen LogP contribution in [-0.4, -0.2) is 97.5 Å². The second-order valence-electron chi connectivity index (χ2n) is 8.27. The molecule has 0 aromatic heterocycles. The maximum atomic E-state index is 13.0. The molecule has 1 aromatic carbocycles. The largest absolute Gasteiger partial charge is 0.339 e. The second-order valence-corrected chi connectivity index (χ2v) is 10.2. The minimum atomic E-state index is -3.63. The lowest BCUT2D eigenvalue weighted by molar-refractivity contribution is -0.157. The van der Waals surface area contributed by atoms with Crippen LogP contribution in [-0.2, 0) is 24.4 Å². The van der Waals surface area contributed by atoms with E-state index in [1.54, 1.807) is 24.0 Å². The summed E-state index contributed by atoms with van der Waals surface area (Å²) in [4.78, 5) is 41.5. The molecule has 0 N–H and O–H groups in total. The number of hydrogen-bond donors (Lipinski definition) is 0. The van der Waals surface area contributed by atoms with E-state index in [-0.39, 0.29) is 43.5 Å². The monoisotopic (exact) mass is 464 g/mol. The van der Waals surface area contributed by atoms with E-state index in [0.717, 1.165) is 12.0 Å². The molecule has 2 heterocycles. The molecule has 3 amide bonds. The Morgan fingerprint density at radius 3 is 2.03 bits per heavy atom. The third kappa shape index (κ3) is 4.96. The van der Waals surface area contributed by atoms with Gasteiger partial charge in [0.15, 0.2) is 0 Å². The number of rotatable bonds is 7. The summed E-state index contributed by atoms with van der Waals surface area (Å²) in [5.41, 5.74) is 1.11. The normalized spacial score (nSPS) is 19.4. The number of amides is 3. The first kappa shape index (κ1) is 24.2. The Balaban J connectivity index is 1.56.